The summed E-state index contributed by atoms with van der Waals surface area (Å²) in [6.07, 6.45) is -0.151. The lowest BCUT2D eigenvalue weighted by molar-refractivity contribution is -0.155. The Morgan fingerprint density at radius 3 is 2.64 bits per heavy atom. The number of amides is 1. The molecule has 0 aliphatic carbocycles. The first-order chi connectivity index (χ1) is 13.3. The van der Waals surface area contributed by atoms with Crippen LogP contribution in [-0.2, 0) is 30.6 Å². The molecule has 0 unspecified atom stereocenters. The fourth-order valence-electron chi connectivity index (χ4n) is 3.03. The standard InChI is InChI=1S/C20H23NO6S/c1-14(20(23)21-16-11-12-28(24,25)13-16)26-19(22)10-8-17-7-9-18(27-17)15-5-3-2-4-6-15/h2-7,9,14,16H,8,10-13H2,1H3,(H,21,23)/t14-,16-/m0/s1. The van der Waals surface area contributed by atoms with Crippen LogP contribution in [0.4, 0.5) is 0 Å². The van der Waals surface area contributed by atoms with Crippen molar-refractivity contribution in [2.24, 2.45) is 0 Å². The molecule has 1 aromatic carbocycles. The summed E-state index contributed by atoms with van der Waals surface area (Å²) in [5, 5.41) is 2.62. The van der Waals surface area contributed by atoms with Gasteiger partial charge in [0.15, 0.2) is 15.9 Å². The molecule has 0 radical (unpaired) electrons. The van der Waals surface area contributed by atoms with Gasteiger partial charge in [0.1, 0.15) is 11.5 Å². The molecule has 3 rings (SSSR count). The minimum atomic E-state index is -3.08. The normalized spacial score (nSPS) is 19.1. The zero-order chi connectivity index (χ0) is 20.1. The summed E-state index contributed by atoms with van der Waals surface area (Å²) < 4.78 is 33.8. The highest BCUT2D eigenvalue weighted by Crippen LogP contribution is 2.22. The van der Waals surface area contributed by atoms with Crippen LogP contribution in [0.1, 0.15) is 25.5 Å². The van der Waals surface area contributed by atoms with Crippen molar-refractivity contribution in [1.29, 1.82) is 0 Å². The van der Waals surface area contributed by atoms with E-state index in [-0.39, 0.29) is 17.9 Å². The number of furan rings is 1. The lowest BCUT2D eigenvalue weighted by atomic mass is 10.2. The average Bonchev–Trinajstić information content (AvgIpc) is 3.27. The first-order valence-corrected chi connectivity index (χ1v) is 11.0. The van der Waals surface area contributed by atoms with E-state index in [1.54, 1.807) is 0 Å². The van der Waals surface area contributed by atoms with Crippen LogP contribution in [0.25, 0.3) is 11.3 Å². The number of benzene rings is 1. The van der Waals surface area contributed by atoms with E-state index in [0.29, 0.717) is 18.6 Å². The molecule has 1 aliphatic heterocycles. The third-order valence-electron chi connectivity index (χ3n) is 4.55. The molecule has 2 aromatic rings. The highest BCUT2D eigenvalue weighted by molar-refractivity contribution is 7.91. The molecule has 0 saturated carbocycles. The molecule has 0 bridgehead atoms. The van der Waals surface area contributed by atoms with Gasteiger partial charge in [-0.3, -0.25) is 9.59 Å². The second kappa shape index (κ2) is 8.60. The second-order valence-corrected chi connectivity index (χ2v) is 9.10. The molecule has 28 heavy (non-hydrogen) atoms. The monoisotopic (exact) mass is 405 g/mol. The maximum atomic E-state index is 12.1. The van der Waals surface area contributed by atoms with Crippen molar-refractivity contribution in [2.75, 3.05) is 11.5 Å². The van der Waals surface area contributed by atoms with Crippen LogP contribution in [0.5, 0.6) is 0 Å². The van der Waals surface area contributed by atoms with E-state index in [2.05, 4.69) is 5.32 Å². The molecular weight excluding hydrogens is 382 g/mol. The zero-order valence-corrected chi connectivity index (χ0v) is 16.4. The lowest BCUT2D eigenvalue weighted by Crippen LogP contribution is -2.42. The summed E-state index contributed by atoms with van der Waals surface area (Å²) in [5.74, 6) is 0.383. The molecule has 0 spiro atoms. The number of nitrogens with one attached hydrogen (secondary N) is 1. The van der Waals surface area contributed by atoms with E-state index >= 15 is 0 Å². The number of hydrogen-bond acceptors (Lipinski definition) is 6. The molecule has 8 heteroatoms. The Morgan fingerprint density at radius 2 is 1.96 bits per heavy atom. The van der Waals surface area contributed by atoms with Crippen LogP contribution < -0.4 is 5.32 Å². The minimum absolute atomic E-state index is 0.0678. The Labute approximate surface area is 164 Å². The van der Waals surface area contributed by atoms with Gasteiger partial charge in [-0.25, -0.2) is 8.42 Å². The quantitative estimate of drug-likeness (QED) is 0.708. The van der Waals surface area contributed by atoms with E-state index in [4.69, 9.17) is 9.15 Å². The molecule has 1 fully saturated rings. The summed E-state index contributed by atoms with van der Waals surface area (Å²) in [6, 6.07) is 12.9. The average molecular weight is 405 g/mol. The van der Waals surface area contributed by atoms with E-state index in [1.165, 1.54) is 6.92 Å². The van der Waals surface area contributed by atoms with Crippen molar-refractivity contribution in [3.8, 4) is 11.3 Å². The SMILES string of the molecule is C[C@H](OC(=O)CCc1ccc(-c2ccccc2)o1)C(=O)N[C@H]1CCS(=O)(=O)C1. The van der Waals surface area contributed by atoms with E-state index in [0.717, 1.165) is 11.3 Å². The lowest BCUT2D eigenvalue weighted by Gasteiger charge is -2.16. The van der Waals surface area contributed by atoms with Gasteiger partial charge in [-0.15, -0.1) is 0 Å². The van der Waals surface area contributed by atoms with Crippen LogP contribution in [-0.4, -0.2) is 43.9 Å². The van der Waals surface area contributed by atoms with Gasteiger partial charge in [-0.1, -0.05) is 30.3 Å². The topological polar surface area (TPSA) is 103 Å². The summed E-state index contributed by atoms with van der Waals surface area (Å²) in [6.45, 7) is 1.47. The number of sulfone groups is 1. The van der Waals surface area contributed by atoms with Gasteiger partial charge >= 0.3 is 5.97 Å². The largest absolute Gasteiger partial charge is 0.461 e. The highest BCUT2D eigenvalue weighted by atomic mass is 32.2. The van der Waals surface area contributed by atoms with Crippen molar-refractivity contribution < 1.29 is 27.2 Å². The number of ether oxygens (including phenoxy) is 1. The van der Waals surface area contributed by atoms with E-state index < -0.39 is 33.9 Å². The third-order valence-corrected chi connectivity index (χ3v) is 6.32. The van der Waals surface area contributed by atoms with Crippen molar-refractivity contribution in [3.63, 3.8) is 0 Å². The molecular formula is C20H23NO6S. The van der Waals surface area contributed by atoms with Gasteiger partial charge in [0.05, 0.1) is 17.9 Å². The number of carbonyl (C=O) groups is 2. The summed E-state index contributed by atoms with van der Waals surface area (Å²) in [7, 11) is -3.08. The van der Waals surface area contributed by atoms with Crippen molar-refractivity contribution in [2.45, 2.75) is 38.3 Å². The van der Waals surface area contributed by atoms with Gasteiger partial charge in [0.25, 0.3) is 5.91 Å². The maximum Gasteiger partial charge on any atom is 0.307 e. The molecule has 2 heterocycles. The molecule has 1 N–H and O–H groups in total. The van der Waals surface area contributed by atoms with Crippen molar-refractivity contribution in [1.82, 2.24) is 5.32 Å². The Balaban J connectivity index is 1.44. The fourth-order valence-corrected chi connectivity index (χ4v) is 4.71. The van der Waals surface area contributed by atoms with Crippen LogP contribution >= 0.6 is 0 Å². The van der Waals surface area contributed by atoms with Crippen LogP contribution in [0, 0.1) is 0 Å². The van der Waals surface area contributed by atoms with Gasteiger partial charge in [-0.05, 0) is 25.5 Å². The molecule has 2 atom stereocenters. The van der Waals surface area contributed by atoms with Gasteiger partial charge in [-0.2, -0.15) is 0 Å². The van der Waals surface area contributed by atoms with Crippen molar-refractivity contribution in [3.05, 3.63) is 48.2 Å². The number of carbonyl (C=O) groups excluding carboxylic acids is 2. The van der Waals surface area contributed by atoms with Crippen LogP contribution in [0.3, 0.4) is 0 Å². The summed E-state index contributed by atoms with van der Waals surface area (Å²) in [5.41, 5.74) is 0.954. The smallest absolute Gasteiger partial charge is 0.307 e. The first kappa shape index (κ1) is 20.1. The van der Waals surface area contributed by atoms with Gasteiger partial charge < -0.3 is 14.5 Å². The second-order valence-electron chi connectivity index (χ2n) is 6.87. The Morgan fingerprint density at radius 1 is 1.21 bits per heavy atom. The predicted molar refractivity (Wildman–Crippen MR) is 103 cm³/mol. The van der Waals surface area contributed by atoms with Crippen molar-refractivity contribution >= 4 is 21.7 Å². The molecule has 150 valence electrons. The Bertz CT molecular complexity index is 935. The maximum absolute atomic E-state index is 12.1. The fraction of sp³-hybridized carbons (Fsp3) is 0.400. The number of esters is 1. The Kier molecular flexibility index (Phi) is 6.18. The first-order valence-electron chi connectivity index (χ1n) is 9.17. The molecule has 1 aromatic heterocycles. The predicted octanol–water partition coefficient (Wildman–Crippen LogP) is 2.11. The third kappa shape index (κ3) is 5.45. The summed E-state index contributed by atoms with van der Waals surface area (Å²) in [4.78, 5) is 24.1. The summed E-state index contributed by atoms with van der Waals surface area (Å²) >= 11 is 0. The Hall–Kier alpha value is -2.61. The minimum Gasteiger partial charge on any atom is -0.461 e. The number of aryl methyl sites for hydroxylation is 1. The zero-order valence-electron chi connectivity index (χ0n) is 15.6. The van der Waals surface area contributed by atoms with Gasteiger partial charge in [0, 0.05) is 18.0 Å². The van der Waals surface area contributed by atoms with E-state index in [1.807, 2.05) is 42.5 Å². The molecule has 7 nitrogen and oxygen atoms in total. The number of hydrogen-bond donors (Lipinski definition) is 1. The van der Waals surface area contributed by atoms with Crippen LogP contribution in [0.15, 0.2) is 46.9 Å². The van der Waals surface area contributed by atoms with Crippen LogP contribution in [0.2, 0.25) is 0 Å². The number of rotatable bonds is 7. The molecule has 1 aliphatic rings. The molecule has 1 amide bonds. The molecule has 1 saturated heterocycles. The van der Waals surface area contributed by atoms with E-state index in [9.17, 15) is 18.0 Å². The van der Waals surface area contributed by atoms with Gasteiger partial charge in [0.2, 0.25) is 0 Å². The highest BCUT2D eigenvalue weighted by Gasteiger charge is 2.30.